The molecule has 2 N–H and O–H groups in total. The summed E-state index contributed by atoms with van der Waals surface area (Å²) in [5.74, 6) is -0.0957. The molecule has 44 heavy (non-hydrogen) atoms. The molecule has 5 aromatic rings. The van der Waals surface area contributed by atoms with Crippen molar-refractivity contribution in [1.29, 1.82) is 0 Å². The molecule has 9 nitrogen and oxygen atoms in total. The van der Waals surface area contributed by atoms with Gasteiger partial charge in [0.2, 0.25) is 0 Å². The molecular weight excluding hydrogens is 602 g/mol. The van der Waals surface area contributed by atoms with E-state index in [0.29, 0.717) is 50.4 Å². The van der Waals surface area contributed by atoms with Crippen molar-refractivity contribution in [2.45, 2.75) is 6.92 Å². The molecule has 0 spiro atoms. The van der Waals surface area contributed by atoms with Crippen molar-refractivity contribution in [1.82, 2.24) is 5.43 Å². The van der Waals surface area contributed by atoms with Crippen LogP contribution in [0.1, 0.15) is 42.9 Å². The van der Waals surface area contributed by atoms with Gasteiger partial charge in [-0.2, -0.15) is 5.10 Å². The van der Waals surface area contributed by atoms with E-state index in [1.165, 1.54) is 17.6 Å². The number of nitrogens with zero attached hydrogens (tertiary/aromatic N) is 1. The summed E-state index contributed by atoms with van der Waals surface area (Å²) in [5, 5.41) is 8.09. The van der Waals surface area contributed by atoms with Gasteiger partial charge >= 0.3 is 5.97 Å². The van der Waals surface area contributed by atoms with Crippen LogP contribution in [-0.2, 0) is 0 Å². The second-order valence-electron chi connectivity index (χ2n) is 9.23. The van der Waals surface area contributed by atoms with E-state index < -0.39 is 11.9 Å². The molecular formula is C33H26ClN3O6S. The van der Waals surface area contributed by atoms with Gasteiger partial charge in [-0.05, 0) is 85.3 Å². The average Bonchev–Trinajstić information content (AvgIpc) is 3.39. The van der Waals surface area contributed by atoms with Crippen LogP contribution >= 0.6 is 22.9 Å². The molecule has 0 aliphatic carbocycles. The highest BCUT2D eigenvalue weighted by Crippen LogP contribution is 2.35. The second-order valence-corrected chi connectivity index (χ2v) is 10.7. The zero-order valence-corrected chi connectivity index (χ0v) is 25.2. The lowest BCUT2D eigenvalue weighted by atomic mass is 10.2. The largest absolute Gasteiger partial charge is 0.497 e. The van der Waals surface area contributed by atoms with E-state index in [2.05, 4.69) is 15.8 Å². The Morgan fingerprint density at radius 2 is 1.61 bits per heavy atom. The zero-order chi connectivity index (χ0) is 31.1. The summed E-state index contributed by atoms with van der Waals surface area (Å²) in [5.41, 5.74) is 4.30. The molecule has 0 radical (unpaired) electrons. The van der Waals surface area contributed by atoms with Crippen LogP contribution in [0.25, 0.3) is 10.1 Å². The van der Waals surface area contributed by atoms with Gasteiger partial charge in [0.1, 0.15) is 10.6 Å². The van der Waals surface area contributed by atoms with Crippen molar-refractivity contribution in [3.05, 3.63) is 118 Å². The quantitative estimate of drug-likeness (QED) is 0.0732. The SMILES string of the molecule is CCOc1cc(/C=N\NC(=O)c2ccc(NC(=O)c3sc4ccccc4c3Cl)cc2)ccc1OC(=O)c1ccc(OC)cc1. The smallest absolute Gasteiger partial charge is 0.343 e. The summed E-state index contributed by atoms with van der Waals surface area (Å²) < 4.78 is 17.2. The second kappa shape index (κ2) is 13.9. The van der Waals surface area contributed by atoms with Crippen LogP contribution in [0, 0.1) is 0 Å². The minimum Gasteiger partial charge on any atom is -0.497 e. The Hall–Kier alpha value is -5.19. The van der Waals surface area contributed by atoms with Gasteiger partial charge in [0, 0.05) is 21.3 Å². The molecule has 0 saturated carbocycles. The normalized spacial score (nSPS) is 10.9. The average molecular weight is 628 g/mol. The van der Waals surface area contributed by atoms with E-state index in [0.717, 1.165) is 10.1 Å². The molecule has 0 fully saturated rings. The van der Waals surface area contributed by atoms with Gasteiger partial charge in [0.15, 0.2) is 11.5 Å². The predicted octanol–water partition coefficient (Wildman–Crippen LogP) is 7.20. The maximum atomic E-state index is 12.8. The molecule has 1 aromatic heterocycles. The van der Waals surface area contributed by atoms with Crippen molar-refractivity contribution in [3.8, 4) is 17.2 Å². The summed E-state index contributed by atoms with van der Waals surface area (Å²) in [4.78, 5) is 38.5. The van der Waals surface area contributed by atoms with Crippen LogP contribution in [0.4, 0.5) is 5.69 Å². The Bertz CT molecular complexity index is 1850. The van der Waals surface area contributed by atoms with E-state index >= 15 is 0 Å². The van der Waals surface area contributed by atoms with Crippen LogP contribution in [0.15, 0.2) is 96.1 Å². The van der Waals surface area contributed by atoms with Crippen LogP contribution in [-0.4, -0.2) is 37.7 Å². The number of fused-ring (bicyclic) bond motifs is 1. The van der Waals surface area contributed by atoms with Crippen LogP contribution < -0.4 is 25.0 Å². The van der Waals surface area contributed by atoms with Crippen molar-refractivity contribution in [3.63, 3.8) is 0 Å². The van der Waals surface area contributed by atoms with Gasteiger partial charge in [-0.1, -0.05) is 29.8 Å². The number of benzene rings is 4. The number of rotatable bonds is 10. The Morgan fingerprint density at radius 3 is 2.32 bits per heavy atom. The number of methoxy groups -OCH3 is 1. The molecule has 0 unspecified atom stereocenters. The molecule has 0 aliphatic rings. The van der Waals surface area contributed by atoms with E-state index in [-0.39, 0.29) is 11.7 Å². The Balaban J connectivity index is 1.19. The van der Waals surface area contributed by atoms with Crippen LogP contribution in [0.5, 0.6) is 17.2 Å². The standard InChI is InChI=1S/C33H26ClN3O6S/c1-3-42-27-18-20(8-17-26(27)43-33(40)22-11-15-24(41-2)16-12-22)19-35-37-31(38)21-9-13-23(14-10-21)36-32(39)30-29(34)25-6-4-5-7-28(25)44-30/h4-19H,3H2,1-2H3,(H,36,39)(H,37,38)/b35-19-. The molecule has 0 saturated heterocycles. The van der Waals surface area contributed by atoms with Gasteiger partial charge in [-0.15, -0.1) is 11.3 Å². The van der Waals surface area contributed by atoms with Crippen LogP contribution in [0.2, 0.25) is 5.02 Å². The lowest BCUT2D eigenvalue weighted by molar-refractivity contribution is 0.0728. The molecule has 222 valence electrons. The first-order valence-electron chi connectivity index (χ1n) is 13.4. The summed E-state index contributed by atoms with van der Waals surface area (Å²) in [6.45, 7) is 2.16. The first-order valence-corrected chi connectivity index (χ1v) is 14.6. The minimum absolute atomic E-state index is 0.246. The summed E-state index contributed by atoms with van der Waals surface area (Å²) in [6.07, 6.45) is 1.44. The fourth-order valence-corrected chi connectivity index (χ4v) is 5.54. The number of thiophene rings is 1. The molecule has 4 aromatic carbocycles. The molecule has 0 aliphatic heterocycles. The number of esters is 1. The number of carbonyl (C=O) groups excluding carboxylic acids is 3. The number of hydrogen-bond acceptors (Lipinski definition) is 8. The molecule has 11 heteroatoms. The number of anilines is 1. The summed E-state index contributed by atoms with van der Waals surface area (Å²) in [7, 11) is 1.55. The summed E-state index contributed by atoms with van der Waals surface area (Å²) in [6, 6.07) is 25.4. The zero-order valence-electron chi connectivity index (χ0n) is 23.6. The number of hydrogen-bond donors (Lipinski definition) is 2. The van der Waals surface area contributed by atoms with Crippen molar-refractivity contribution >= 4 is 62.7 Å². The highest BCUT2D eigenvalue weighted by Gasteiger charge is 2.17. The number of halogens is 1. The van der Waals surface area contributed by atoms with Gasteiger partial charge in [-0.3, -0.25) is 9.59 Å². The highest BCUT2D eigenvalue weighted by molar-refractivity contribution is 7.21. The topological polar surface area (TPSA) is 115 Å². The molecule has 0 bridgehead atoms. The highest BCUT2D eigenvalue weighted by atomic mass is 35.5. The molecule has 2 amide bonds. The van der Waals surface area contributed by atoms with Gasteiger partial charge < -0.3 is 19.5 Å². The van der Waals surface area contributed by atoms with Gasteiger partial charge in [0.25, 0.3) is 11.8 Å². The number of nitrogens with one attached hydrogen (secondary N) is 2. The number of hydrazone groups is 1. The minimum atomic E-state index is -0.545. The van der Waals surface area contributed by atoms with Gasteiger partial charge in [0.05, 0.1) is 30.5 Å². The number of ether oxygens (including phenoxy) is 3. The van der Waals surface area contributed by atoms with Crippen molar-refractivity contribution in [2.75, 3.05) is 19.0 Å². The van der Waals surface area contributed by atoms with Crippen molar-refractivity contribution < 1.29 is 28.6 Å². The fraction of sp³-hybridized carbons (Fsp3) is 0.0909. The first-order chi connectivity index (χ1) is 21.4. The lowest BCUT2D eigenvalue weighted by Gasteiger charge is -2.11. The molecule has 5 rings (SSSR count). The van der Waals surface area contributed by atoms with Gasteiger partial charge in [-0.25, -0.2) is 10.2 Å². The molecule has 1 heterocycles. The maximum Gasteiger partial charge on any atom is 0.343 e. The first kappa shape index (κ1) is 30.3. The van der Waals surface area contributed by atoms with Crippen LogP contribution in [0.3, 0.4) is 0 Å². The van der Waals surface area contributed by atoms with E-state index in [4.69, 9.17) is 25.8 Å². The third-order valence-electron chi connectivity index (χ3n) is 6.32. The number of carbonyl (C=O) groups is 3. The third kappa shape index (κ3) is 7.05. The Labute approximate surface area is 262 Å². The Kier molecular flexibility index (Phi) is 9.53. The van der Waals surface area contributed by atoms with E-state index in [1.807, 2.05) is 31.2 Å². The Morgan fingerprint density at radius 1 is 0.886 bits per heavy atom. The van der Waals surface area contributed by atoms with Crippen molar-refractivity contribution in [2.24, 2.45) is 5.10 Å². The lowest BCUT2D eigenvalue weighted by Crippen LogP contribution is -2.17. The summed E-state index contributed by atoms with van der Waals surface area (Å²) >= 11 is 7.73. The molecule has 0 atom stereocenters. The predicted molar refractivity (Wildman–Crippen MR) is 172 cm³/mol. The fourth-order valence-electron chi connectivity index (χ4n) is 4.13. The van der Waals surface area contributed by atoms with E-state index in [9.17, 15) is 14.4 Å². The van der Waals surface area contributed by atoms with E-state index in [1.54, 1.807) is 73.8 Å². The maximum absolute atomic E-state index is 12.8. The monoisotopic (exact) mass is 627 g/mol. The third-order valence-corrected chi connectivity index (χ3v) is 8.00. The number of amides is 2.